The van der Waals surface area contributed by atoms with Crippen LogP contribution in [-0.4, -0.2) is 29.8 Å². The molecule has 0 radical (unpaired) electrons. The molecule has 0 aromatic carbocycles. The summed E-state index contributed by atoms with van der Waals surface area (Å²) >= 11 is 0. The number of hydrogen-bond acceptors (Lipinski definition) is 3. The molecule has 4 heteroatoms. The number of carbonyl (C=O) groups is 1. The van der Waals surface area contributed by atoms with Crippen molar-refractivity contribution in [3.05, 3.63) is 0 Å². The van der Waals surface area contributed by atoms with Gasteiger partial charge < -0.3 is 15.6 Å². The average molecular weight is 229 g/mol. The molecule has 1 rings (SSSR count). The molecule has 1 saturated carbocycles. The lowest BCUT2D eigenvalue weighted by Crippen LogP contribution is -2.38. The Hall–Kier alpha value is -0.610. The van der Waals surface area contributed by atoms with Crippen LogP contribution < -0.4 is 5.73 Å². The van der Waals surface area contributed by atoms with Gasteiger partial charge in [-0.25, -0.2) is 4.79 Å². The zero-order chi connectivity index (χ0) is 12.0. The van der Waals surface area contributed by atoms with Crippen molar-refractivity contribution in [3.8, 4) is 0 Å². The van der Waals surface area contributed by atoms with E-state index in [1.165, 1.54) is 6.42 Å². The maximum atomic E-state index is 11.0. The molecule has 1 aliphatic rings. The van der Waals surface area contributed by atoms with Gasteiger partial charge in [-0.1, -0.05) is 26.2 Å². The monoisotopic (exact) mass is 229 g/mol. The minimum atomic E-state index is -0.844. The van der Waals surface area contributed by atoms with Crippen molar-refractivity contribution in [1.82, 2.24) is 0 Å². The van der Waals surface area contributed by atoms with Crippen LogP contribution in [0.4, 0.5) is 0 Å². The largest absolute Gasteiger partial charge is 0.479 e. The summed E-state index contributed by atoms with van der Waals surface area (Å²) in [7, 11) is 0. The quantitative estimate of drug-likeness (QED) is 0.728. The third-order valence-corrected chi connectivity index (χ3v) is 3.31. The molecule has 1 fully saturated rings. The zero-order valence-corrected chi connectivity index (χ0v) is 10.0. The Morgan fingerprint density at radius 3 is 2.75 bits per heavy atom. The predicted octanol–water partition coefficient (Wildman–Crippen LogP) is 1.77. The first-order chi connectivity index (χ1) is 7.69. The second kappa shape index (κ2) is 6.86. The molecule has 0 saturated heterocycles. The first-order valence-electron chi connectivity index (χ1n) is 6.27. The maximum absolute atomic E-state index is 11.0. The van der Waals surface area contributed by atoms with Gasteiger partial charge in [0.1, 0.15) is 0 Å². The number of carboxylic acid groups (broad SMARTS) is 1. The summed E-state index contributed by atoms with van der Waals surface area (Å²) in [4.78, 5) is 11.0. The van der Waals surface area contributed by atoms with Gasteiger partial charge in [0.2, 0.25) is 0 Å². The van der Waals surface area contributed by atoms with E-state index in [0.717, 1.165) is 25.7 Å². The third-order valence-electron chi connectivity index (χ3n) is 3.31. The molecule has 0 amide bonds. The standard InChI is InChI=1S/C12H23NO3/c1-2-5-11(12(14)15)16-10-7-4-3-6-9(10)8-13/h9-11H,2-8,13H2,1H3,(H,14,15). The average Bonchev–Trinajstić information content (AvgIpc) is 2.29. The molecule has 3 unspecified atom stereocenters. The van der Waals surface area contributed by atoms with Gasteiger partial charge in [-0.15, -0.1) is 0 Å². The summed E-state index contributed by atoms with van der Waals surface area (Å²) < 4.78 is 5.72. The third kappa shape index (κ3) is 3.76. The van der Waals surface area contributed by atoms with Crippen molar-refractivity contribution < 1.29 is 14.6 Å². The molecule has 0 aromatic heterocycles. The first kappa shape index (κ1) is 13.5. The Kier molecular flexibility index (Phi) is 5.77. The van der Waals surface area contributed by atoms with E-state index in [9.17, 15) is 4.79 Å². The van der Waals surface area contributed by atoms with Crippen molar-refractivity contribution in [3.63, 3.8) is 0 Å². The van der Waals surface area contributed by atoms with Gasteiger partial charge in [-0.3, -0.25) is 0 Å². The van der Waals surface area contributed by atoms with Crippen molar-refractivity contribution in [2.24, 2.45) is 11.7 Å². The van der Waals surface area contributed by atoms with Crippen molar-refractivity contribution in [1.29, 1.82) is 0 Å². The molecule has 0 bridgehead atoms. The SMILES string of the molecule is CCCC(OC1CCCCC1CN)C(=O)O. The van der Waals surface area contributed by atoms with Gasteiger partial charge in [0, 0.05) is 0 Å². The van der Waals surface area contributed by atoms with Gasteiger partial charge in [0.15, 0.2) is 6.10 Å². The summed E-state index contributed by atoms with van der Waals surface area (Å²) in [5.41, 5.74) is 5.69. The van der Waals surface area contributed by atoms with Crippen LogP contribution in [0.15, 0.2) is 0 Å². The molecular weight excluding hydrogens is 206 g/mol. The Labute approximate surface area is 97.2 Å². The number of nitrogens with two attached hydrogens (primary N) is 1. The van der Waals surface area contributed by atoms with E-state index in [1.54, 1.807) is 0 Å². The molecule has 3 N–H and O–H groups in total. The smallest absolute Gasteiger partial charge is 0.332 e. The highest BCUT2D eigenvalue weighted by atomic mass is 16.5. The Morgan fingerprint density at radius 1 is 1.50 bits per heavy atom. The van der Waals surface area contributed by atoms with E-state index in [0.29, 0.717) is 18.9 Å². The number of carboxylic acids is 1. The highest BCUT2D eigenvalue weighted by Crippen LogP contribution is 2.27. The molecule has 4 nitrogen and oxygen atoms in total. The Morgan fingerprint density at radius 2 is 2.19 bits per heavy atom. The lowest BCUT2D eigenvalue weighted by atomic mass is 9.86. The van der Waals surface area contributed by atoms with Gasteiger partial charge in [-0.2, -0.15) is 0 Å². The van der Waals surface area contributed by atoms with Gasteiger partial charge in [-0.05, 0) is 31.7 Å². The minimum absolute atomic E-state index is 0.0476. The van der Waals surface area contributed by atoms with Crippen LogP contribution in [0.3, 0.4) is 0 Å². The molecule has 0 spiro atoms. The van der Waals surface area contributed by atoms with Crippen LogP contribution in [-0.2, 0) is 9.53 Å². The summed E-state index contributed by atoms with van der Waals surface area (Å²) in [6.45, 7) is 2.57. The van der Waals surface area contributed by atoms with Crippen LogP contribution in [0.1, 0.15) is 45.4 Å². The fourth-order valence-electron chi connectivity index (χ4n) is 2.35. The van der Waals surface area contributed by atoms with E-state index >= 15 is 0 Å². The van der Waals surface area contributed by atoms with E-state index in [2.05, 4.69) is 0 Å². The number of ether oxygens (including phenoxy) is 1. The molecule has 1 aliphatic carbocycles. The molecule has 0 aromatic rings. The summed E-state index contributed by atoms with van der Waals surface area (Å²) in [5.74, 6) is -0.504. The topological polar surface area (TPSA) is 72.5 Å². The lowest BCUT2D eigenvalue weighted by Gasteiger charge is -2.32. The van der Waals surface area contributed by atoms with E-state index in [4.69, 9.17) is 15.6 Å². The van der Waals surface area contributed by atoms with Crippen LogP contribution in [0.2, 0.25) is 0 Å². The van der Waals surface area contributed by atoms with E-state index < -0.39 is 12.1 Å². The van der Waals surface area contributed by atoms with Crippen LogP contribution >= 0.6 is 0 Å². The van der Waals surface area contributed by atoms with Crippen molar-refractivity contribution in [2.75, 3.05) is 6.54 Å². The molecular formula is C12H23NO3. The lowest BCUT2D eigenvalue weighted by molar-refractivity contribution is -0.158. The summed E-state index contributed by atoms with van der Waals surface area (Å²) in [6.07, 6.45) is 5.15. The normalized spacial score (nSPS) is 27.6. The van der Waals surface area contributed by atoms with Crippen LogP contribution in [0.25, 0.3) is 0 Å². The van der Waals surface area contributed by atoms with Crippen molar-refractivity contribution >= 4 is 5.97 Å². The Bertz CT molecular complexity index is 220. The fraction of sp³-hybridized carbons (Fsp3) is 0.917. The summed E-state index contributed by atoms with van der Waals surface area (Å²) in [6, 6.07) is 0. The predicted molar refractivity (Wildman–Crippen MR) is 62.2 cm³/mol. The highest BCUT2D eigenvalue weighted by molar-refractivity contribution is 5.72. The maximum Gasteiger partial charge on any atom is 0.332 e. The highest BCUT2D eigenvalue weighted by Gasteiger charge is 2.29. The van der Waals surface area contributed by atoms with Gasteiger partial charge in [0.05, 0.1) is 6.10 Å². The van der Waals surface area contributed by atoms with Crippen LogP contribution in [0.5, 0.6) is 0 Å². The zero-order valence-electron chi connectivity index (χ0n) is 10.0. The van der Waals surface area contributed by atoms with Gasteiger partial charge >= 0.3 is 5.97 Å². The number of hydrogen-bond donors (Lipinski definition) is 2. The Balaban J connectivity index is 2.50. The molecule has 3 atom stereocenters. The van der Waals surface area contributed by atoms with Crippen LogP contribution in [0, 0.1) is 5.92 Å². The number of aliphatic carboxylic acids is 1. The number of rotatable bonds is 6. The second-order valence-corrected chi connectivity index (χ2v) is 4.57. The minimum Gasteiger partial charge on any atom is -0.479 e. The fourth-order valence-corrected chi connectivity index (χ4v) is 2.35. The van der Waals surface area contributed by atoms with Crippen molar-refractivity contribution in [2.45, 2.75) is 57.7 Å². The molecule has 16 heavy (non-hydrogen) atoms. The van der Waals surface area contributed by atoms with Gasteiger partial charge in [0.25, 0.3) is 0 Å². The molecule has 94 valence electrons. The molecule has 0 heterocycles. The molecule has 0 aliphatic heterocycles. The second-order valence-electron chi connectivity index (χ2n) is 4.57. The van der Waals surface area contributed by atoms with E-state index in [1.807, 2.05) is 6.92 Å². The first-order valence-corrected chi connectivity index (χ1v) is 6.27. The summed E-state index contributed by atoms with van der Waals surface area (Å²) in [5, 5.41) is 9.04. The van der Waals surface area contributed by atoms with E-state index in [-0.39, 0.29) is 6.10 Å².